The lowest BCUT2D eigenvalue weighted by atomic mass is 9.85. The van der Waals surface area contributed by atoms with Crippen molar-refractivity contribution < 1.29 is 0 Å². The van der Waals surface area contributed by atoms with Gasteiger partial charge in [0.25, 0.3) is 0 Å². The first kappa shape index (κ1) is 23.3. The van der Waals surface area contributed by atoms with Gasteiger partial charge in [-0.1, -0.05) is 75.4 Å². The molecule has 0 bridgehead atoms. The van der Waals surface area contributed by atoms with Crippen molar-refractivity contribution in [2.75, 3.05) is 0 Å². The van der Waals surface area contributed by atoms with Gasteiger partial charge in [-0.2, -0.15) is 0 Å². The molecular weight excluding hydrogens is 470 g/mol. The number of aliphatic imine (C=N–C) groups is 1. The van der Waals surface area contributed by atoms with Crippen molar-refractivity contribution >= 4 is 44.2 Å². The van der Waals surface area contributed by atoms with Crippen LogP contribution < -0.4 is 0 Å². The predicted octanol–water partition coefficient (Wildman–Crippen LogP) is 9.23. The summed E-state index contributed by atoms with van der Waals surface area (Å²) in [5.74, 6) is 0. The molecule has 0 aliphatic heterocycles. The van der Waals surface area contributed by atoms with Gasteiger partial charge >= 0.3 is 0 Å². The molecule has 6 aromatic rings. The van der Waals surface area contributed by atoms with Gasteiger partial charge in [0, 0.05) is 35.3 Å². The van der Waals surface area contributed by atoms with Gasteiger partial charge in [0.15, 0.2) is 0 Å². The van der Waals surface area contributed by atoms with Crippen molar-refractivity contribution in [2.45, 2.75) is 26.2 Å². The molecule has 0 aliphatic rings. The van der Waals surface area contributed by atoms with Crippen molar-refractivity contribution in [3.05, 3.63) is 115 Å². The van der Waals surface area contributed by atoms with Crippen molar-refractivity contribution in [3.8, 4) is 21.7 Å². The number of benzene rings is 4. The number of fused-ring (bicyclic) bond motifs is 2. The molecule has 0 radical (unpaired) electrons. The van der Waals surface area contributed by atoms with Crippen LogP contribution in [0.3, 0.4) is 0 Å². The van der Waals surface area contributed by atoms with Gasteiger partial charge in [-0.15, -0.1) is 11.3 Å². The van der Waals surface area contributed by atoms with E-state index in [0.717, 1.165) is 38.5 Å². The molecule has 6 rings (SSSR count). The molecule has 4 heteroatoms. The average Bonchev–Trinajstić information content (AvgIpc) is 3.36. The van der Waals surface area contributed by atoms with E-state index in [-0.39, 0.29) is 5.41 Å². The monoisotopic (exact) mass is 497 g/mol. The Hall–Kier alpha value is -4.15. The summed E-state index contributed by atoms with van der Waals surface area (Å²) in [6, 6.07) is 31.7. The number of pyridine rings is 1. The maximum absolute atomic E-state index is 5.17. The molecule has 4 aromatic carbocycles. The number of aromatic nitrogens is 2. The number of hydrogen-bond donors (Lipinski definition) is 0. The molecule has 0 aliphatic carbocycles. The second kappa shape index (κ2) is 9.38. The van der Waals surface area contributed by atoms with Gasteiger partial charge in [0.05, 0.1) is 15.9 Å². The Morgan fingerprint density at radius 1 is 0.784 bits per heavy atom. The zero-order valence-electron chi connectivity index (χ0n) is 21.1. The van der Waals surface area contributed by atoms with E-state index in [0.29, 0.717) is 0 Å². The Labute approximate surface area is 221 Å². The van der Waals surface area contributed by atoms with Crippen LogP contribution >= 0.6 is 11.3 Å². The smallest absolute Gasteiger partial charge is 0.126 e. The van der Waals surface area contributed by atoms with Crippen LogP contribution in [-0.4, -0.2) is 16.2 Å². The third-order valence-corrected chi connectivity index (χ3v) is 7.69. The summed E-state index contributed by atoms with van der Waals surface area (Å²) in [4.78, 5) is 14.3. The summed E-state index contributed by atoms with van der Waals surface area (Å²) in [5.41, 5.74) is 7.67. The number of para-hydroxylation sites is 1. The van der Waals surface area contributed by atoms with Gasteiger partial charge in [0.2, 0.25) is 0 Å². The molecule has 180 valence electrons. The van der Waals surface area contributed by atoms with Crippen molar-refractivity contribution in [1.82, 2.24) is 9.97 Å². The zero-order chi connectivity index (χ0) is 25.4. The van der Waals surface area contributed by atoms with Gasteiger partial charge in [0.1, 0.15) is 5.01 Å². The summed E-state index contributed by atoms with van der Waals surface area (Å²) in [5, 5.41) is 3.38. The van der Waals surface area contributed by atoms with Gasteiger partial charge in [-0.3, -0.25) is 9.98 Å². The van der Waals surface area contributed by atoms with E-state index in [4.69, 9.17) is 9.98 Å². The minimum atomic E-state index is 0.0286. The van der Waals surface area contributed by atoms with Crippen LogP contribution in [0.15, 0.2) is 108 Å². The number of nitrogens with zero attached hydrogens (tertiary/aromatic N) is 3. The predicted molar refractivity (Wildman–Crippen MR) is 158 cm³/mol. The molecule has 37 heavy (non-hydrogen) atoms. The van der Waals surface area contributed by atoms with Crippen molar-refractivity contribution in [1.29, 1.82) is 0 Å². The normalized spacial score (nSPS) is 12.1. The highest BCUT2D eigenvalue weighted by molar-refractivity contribution is 7.21. The van der Waals surface area contributed by atoms with E-state index in [1.807, 2.05) is 24.7 Å². The van der Waals surface area contributed by atoms with E-state index in [2.05, 4.69) is 111 Å². The van der Waals surface area contributed by atoms with Gasteiger partial charge in [-0.25, -0.2) is 4.98 Å². The molecule has 0 saturated carbocycles. The van der Waals surface area contributed by atoms with Crippen LogP contribution in [0.2, 0.25) is 0 Å². The van der Waals surface area contributed by atoms with Crippen molar-refractivity contribution in [2.24, 2.45) is 4.99 Å². The Bertz CT molecular complexity index is 1750. The fourth-order valence-corrected chi connectivity index (χ4v) is 5.66. The molecular formula is C33H27N3S. The number of thiazole rings is 1. The van der Waals surface area contributed by atoms with Crippen LogP contribution in [0, 0.1) is 0 Å². The lowest BCUT2D eigenvalue weighted by molar-refractivity contribution is 0.591. The fraction of sp³-hybridized carbons (Fsp3) is 0.121. The quantitative estimate of drug-likeness (QED) is 0.228. The molecule has 0 N–H and O–H groups in total. The summed E-state index contributed by atoms with van der Waals surface area (Å²) < 4.78 is 1.18. The largest absolute Gasteiger partial charge is 0.265 e. The Balaban J connectivity index is 1.48. The van der Waals surface area contributed by atoms with Crippen LogP contribution in [0.4, 0.5) is 5.69 Å². The third-order valence-electron chi connectivity index (χ3n) is 6.65. The lowest BCUT2D eigenvalue weighted by Gasteiger charge is -2.20. The third kappa shape index (κ3) is 4.56. The molecule has 0 amide bonds. The molecule has 0 atom stereocenters. The fourth-order valence-electron chi connectivity index (χ4n) is 4.60. The summed E-state index contributed by atoms with van der Waals surface area (Å²) in [6.07, 6.45) is 5.65. The first-order chi connectivity index (χ1) is 18.0. The maximum Gasteiger partial charge on any atom is 0.126 e. The molecule has 0 fully saturated rings. The maximum atomic E-state index is 5.17. The standard InChI is InChI=1S/C33H27N3S/c1-33(2,3)25-19-28(23-15-17-34-18-16-23)31-30(20-25)37-32(36-31)27-13-6-7-14-29(27)35-21-24-11-8-10-22-9-4-5-12-26(22)24/h4-21H,1-3H3. The molecule has 0 spiro atoms. The zero-order valence-corrected chi connectivity index (χ0v) is 22.0. The van der Waals surface area contributed by atoms with E-state index in [1.165, 1.54) is 21.0 Å². The summed E-state index contributed by atoms with van der Waals surface area (Å²) in [6.45, 7) is 6.76. The highest BCUT2D eigenvalue weighted by Crippen LogP contribution is 2.41. The summed E-state index contributed by atoms with van der Waals surface area (Å²) >= 11 is 1.73. The van der Waals surface area contributed by atoms with Crippen LogP contribution in [0.1, 0.15) is 31.9 Å². The van der Waals surface area contributed by atoms with Crippen molar-refractivity contribution in [3.63, 3.8) is 0 Å². The van der Waals surface area contributed by atoms with Crippen LogP contribution in [0.25, 0.3) is 42.7 Å². The topological polar surface area (TPSA) is 38.1 Å². The van der Waals surface area contributed by atoms with Crippen LogP contribution in [0.5, 0.6) is 0 Å². The van der Waals surface area contributed by atoms with E-state index < -0.39 is 0 Å². The number of rotatable bonds is 4. The minimum Gasteiger partial charge on any atom is -0.265 e. The Kier molecular flexibility index (Phi) is 5.90. The summed E-state index contributed by atoms with van der Waals surface area (Å²) in [7, 11) is 0. The Morgan fingerprint density at radius 3 is 2.38 bits per heavy atom. The highest BCUT2D eigenvalue weighted by Gasteiger charge is 2.20. The average molecular weight is 498 g/mol. The molecule has 0 unspecified atom stereocenters. The molecule has 2 heterocycles. The SMILES string of the molecule is CC(C)(C)c1cc(-c2ccncc2)c2nc(-c3ccccc3N=Cc3cccc4ccccc34)sc2c1. The lowest BCUT2D eigenvalue weighted by Crippen LogP contribution is -2.10. The van der Waals surface area contributed by atoms with E-state index in [1.54, 1.807) is 11.3 Å². The first-order valence-corrected chi connectivity index (χ1v) is 13.3. The first-order valence-electron chi connectivity index (χ1n) is 12.4. The Morgan fingerprint density at radius 2 is 1.54 bits per heavy atom. The minimum absolute atomic E-state index is 0.0286. The van der Waals surface area contributed by atoms with Gasteiger partial charge < -0.3 is 0 Å². The molecule has 0 saturated heterocycles. The second-order valence-corrected chi connectivity index (χ2v) is 11.2. The van der Waals surface area contributed by atoms with E-state index >= 15 is 0 Å². The second-order valence-electron chi connectivity index (χ2n) is 10.2. The highest BCUT2D eigenvalue weighted by atomic mass is 32.1. The van der Waals surface area contributed by atoms with E-state index in [9.17, 15) is 0 Å². The molecule has 2 aromatic heterocycles. The van der Waals surface area contributed by atoms with Gasteiger partial charge in [-0.05, 0) is 63.7 Å². The molecule has 3 nitrogen and oxygen atoms in total. The number of hydrogen-bond acceptors (Lipinski definition) is 4. The van der Waals surface area contributed by atoms with Crippen LogP contribution in [-0.2, 0) is 5.41 Å².